The normalized spacial score (nSPS) is 13.6. The quantitative estimate of drug-likeness (QED) is 0.133. The number of hydrogen-bond donors (Lipinski definition) is 1. The van der Waals surface area contributed by atoms with Crippen LogP contribution in [-0.4, -0.2) is 30.5 Å². The third kappa shape index (κ3) is 19.2. The lowest BCUT2D eigenvalue weighted by atomic mass is 10.0. The van der Waals surface area contributed by atoms with Crippen molar-refractivity contribution >= 4 is 6.34 Å². The molecule has 0 aliphatic carbocycles. The summed E-state index contributed by atoms with van der Waals surface area (Å²) in [6.45, 7) is 5.90. The standard InChI is InChI=1S/C27H54N2/c1-2-3-4-5-6-7-8-9-10-11-12-13-14-15-16-17-18-19-20-21-22-23-25-29-26-24-28-27-29/h27H,2-26H2,1H3/p+1. The second kappa shape index (κ2) is 22.2. The van der Waals surface area contributed by atoms with Crippen molar-refractivity contribution in [2.45, 2.75) is 148 Å². The summed E-state index contributed by atoms with van der Waals surface area (Å²) in [5.41, 5.74) is 0. The van der Waals surface area contributed by atoms with Crippen LogP contribution in [0.1, 0.15) is 148 Å². The van der Waals surface area contributed by atoms with Gasteiger partial charge in [-0.05, 0) is 12.8 Å². The van der Waals surface area contributed by atoms with Crippen LogP contribution in [0.2, 0.25) is 0 Å². The fourth-order valence-electron chi connectivity index (χ4n) is 4.57. The summed E-state index contributed by atoms with van der Waals surface area (Å²) in [4.78, 5) is 0. The van der Waals surface area contributed by atoms with E-state index in [1.54, 1.807) is 0 Å². The molecular formula is C27H55N2+. The van der Waals surface area contributed by atoms with Gasteiger partial charge in [0.1, 0.15) is 13.1 Å². The van der Waals surface area contributed by atoms with E-state index in [9.17, 15) is 0 Å². The van der Waals surface area contributed by atoms with Gasteiger partial charge >= 0.3 is 0 Å². The summed E-state index contributed by atoms with van der Waals surface area (Å²) in [5.74, 6) is 0. The van der Waals surface area contributed by atoms with Crippen LogP contribution >= 0.6 is 0 Å². The van der Waals surface area contributed by atoms with Gasteiger partial charge in [-0.25, -0.2) is 0 Å². The zero-order valence-corrected chi connectivity index (χ0v) is 20.2. The third-order valence-corrected chi connectivity index (χ3v) is 6.62. The maximum atomic E-state index is 3.29. The molecule has 0 saturated heterocycles. The van der Waals surface area contributed by atoms with E-state index in [-0.39, 0.29) is 0 Å². The van der Waals surface area contributed by atoms with E-state index in [1.807, 2.05) is 0 Å². The summed E-state index contributed by atoms with van der Waals surface area (Å²) in [5, 5.41) is 3.29. The van der Waals surface area contributed by atoms with Crippen LogP contribution in [0.4, 0.5) is 0 Å². The van der Waals surface area contributed by atoms with Crippen LogP contribution in [0.5, 0.6) is 0 Å². The van der Waals surface area contributed by atoms with E-state index < -0.39 is 0 Å². The molecule has 1 N–H and O–H groups in total. The van der Waals surface area contributed by atoms with Gasteiger partial charge in [0.2, 0.25) is 6.34 Å². The molecule has 0 fully saturated rings. The fourth-order valence-corrected chi connectivity index (χ4v) is 4.57. The van der Waals surface area contributed by atoms with E-state index in [1.165, 1.54) is 154 Å². The molecule has 0 amide bonds. The van der Waals surface area contributed by atoms with Gasteiger partial charge in [0, 0.05) is 0 Å². The lowest BCUT2D eigenvalue weighted by Crippen LogP contribution is -2.11. The van der Waals surface area contributed by atoms with Crippen molar-refractivity contribution in [1.29, 1.82) is 0 Å². The highest BCUT2D eigenvalue weighted by Crippen LogP contribution is 2.15. The van der Waals surface area contributed by atoms with Crippen molar-refractivity contribution in [2.75, 3.05) is 19.6 Å². The molecule has 29 heavy (non-hydrogen) atoms. The monoisotopic (exact) mass is 407 g/mol. The van der Waals surface area contributed by atoms with Crippen LogP contribution in [0.3, 0.4) is 0 Å². The molecule has 0 aromatic carbocycles. The van der Waals surface area contributed by atoms with Crippen molar-refractivity contribution in [1.82, 2.24) is 5.32 Å². The van der Waals surface area contributed by atoms with Gasteiger partial charge in [0.15, 0.2) is 0 Å². The molecule has 0 radical (unpaired) electrons. The van der Waals surface area contributed by atoms with Crippen LogP contribution in [0.15, 0.2) is 0 Å². The molecule has 172 valence electrons. The Bertz CT molecular complexity index is 350. The molecule has 0 aromatic rings. The number of rotatable bonds is 23. The largest absolute Gasteiger partial charge is 0.277 e. The molecule has 2 nitrogen and oxygen atoms in total. The summed E-state index contributed by atoms with van der Waals surface area (Å²) >= 11 is 0. The minimum Gasteiger partial charge on any atom is -0.277 e. The summed E-state index contributed by atoms with van der Waals surface area (Å²) in [6.07, 6.45) is 34.4. The van der Waals surface area contributed by atoms with Crippen molar-refractivity contribution in [3.63, 3.8) is 0 Å². The van der Waals surface area contributed by atoms with Crippen LogP contribution < -0.4 is 5.32 Å². The van der Waals surface area contributed by atoms with Gasteiger partial charge < -0.3 is 0 Å². The van der Waals surface area contributed by atoms with E-state index in [0.29, 0.717) is 0 Å². The van der Waals surface area contributed by atoms with Gasteiger partial charge in [-0.15, -0.1) is 0 Å². The minimum absolute atomic E-state index is 1.14. The topological polar surface area (TPSA) is 15.0 Å². The first-order chi connectivity index (χ1) is 14.4. The molecule has 0 aromatic heterocycles. The first-order valence-corrected chi connectivity index (χ1v) is 13.7. The number of nitrogens with one attached hydrogen (secondary N) is 1. The number of unbranched alkanes of at least 4 members (excludes halogenated alkanes) is 21. The van der Waals surface area contributed by atoms with Gasteiger partial charge in [-0.3, -0.25) is 9.89 Å². The fraction of sp³-hybridized carbons (Fsp3) is 0.963. The second-order valence-corrected chi connectivity index (χ2v) is 9.54. The molecule has 2 heteroatoms. The maximum absolute atomic E-state index is 3.29. The zero-order valence-electron chi connectivity index (χ0n) is 20.2. The summed E-state index contributed by atoms with van der Waals surface area (Å²) < 4.78 is 2.43. The molecule has 0 unspecified atom stereocenters. The predicted molar refractivity (Wildman–Crippen MR) is 131 cm³/mol. The first kappa shape index (κ1) is 26.5. The summed E-state index contributed by atoms with van der Waals surface area (Å²) in [7, 11) is 0. The highest BCUT2D eigenvalue weighted by atomic mass is 15.1. The molecule has 0 bridgehead atoms. The maximum Gasteiger partial charge on any atom is 0.232 e. The highest BCUT2D eigenvalue weighted by molar-refractivity contribution is 5.49. The zero-order chi connectivity index (χ0) is 20.7. The first-order valence-electron chi connectivity index (χ1n) is 13.7. The lowest BCUT2D eigenvalue weighted by Gasteiger charge is -2.04. The second-order valence-electron chi connectivity index (χ2n) is 9.54. The Morgan fingerprint density at radius 2 is 0.862 bits per heavy atom. The highest BCUT2D eigenvalue weighted by Gasteiger charge is 2.06. The lowest BCUT2D eigenvalue weighted by molar-refractivity contribution is -0.514. The SMILES string of the molecule is CCCCCCCCCCCCCCCCCCCCCCCC[N+]1=CNCC1. The molecule has 0 atom stereocenters. The molecule has 1 rings (SSSR count). The summed E-state index contributed by atoms with van der Waals surface area (Å²) in [6, 6.07) is 0. The van der Waals surface area contributed by atoms with Crippen LogP contribution in [-0.2, 0) is 0 Å². The van der Waals surface area contributed by atoms with Gasteiger partial charge in [-0.2, -0.15) is 0 Å². The molecule has 1 aliphatic rings. The van der Waals surface area contributed by atoms with Crippen molar-refractivity contribution in [2.24, 2.45) is 0 Å². The average molecular weight is 408 g/mol. The van der Waals surface area contributed by atoms with Gasteiger partial charge in [-0.1, -0.05) is 135 Å². The Morgan fingerprint density at radius 3 is 1.17 bits per heavy atom. The number of hydrogen-bond acceptors (Lipinski definition) is 1. The molecule has 0 spiro atoms. The van der Waals surface area contributed by atoms with E-state index in [2.05, 4.69) is 23.2 Å². The van der Waals surface area contributed by atoms with Gasteiger partial charge in [0.05, 0.1) is 6.54 Å². The molecular weight excluding hydrogens is 352 g/mol. The molecule has 1 aliphatic heterocycles. The van der Waals surface area contributed by atoms with Gasteiger partial charge in [0.25, 0.3) is 0 Å². The number of nitrogens with zero attached hydrogens (tertiary/aromatic N) is 1. The Labute approximate surface area is 184 Å². The van der Waals surface area contributed by atoms with Crippen molar-refractivity contribution < 1.29 is 4.58 Å². The van der Waals surface area contributed by atoms with Crippen LogP contribution in [0.25, 0.3) is 0 Å². The van der Waals surface area contributed by atoms with Crippen molar-refractivity contribution in [3.8, 4) is 0 Å². The molecule has 0 saturated carbocycles. The predicted octanol–water partition coefficient (Wildman–Crippen LogP) is 8.23. The Morgan fingerprint density at radius 1 is 0.517 bits per heavy atom. The molecule has 1 heterocycles. The Hall–Kier alpha value is -0.530. The smallest absolute Gasteiger partial charge is 0.232 e. The van der Waals surface area contributed by atoms with E-state index in [0.717, 1.165) is 6.54 Å². The third-order valence-electron chi connectivity index (χ3n) is 6.62. The average Bonchev–Trinajstić information content (AvgIpc) is 3.25. The Balaban J connectivity index is 1.62. The van der Waals surface area contributed by atoms with Crippen LogP contribution in [0, 0.1) is 0 Å². The minimum atomic E-state index is 1.14. The van der Waals surface area contributed by atoms with E-state index >= 15 is 0 Å². The van der Waals surface area contributed by atoms with E-state index in [4.69, 9.17) is 0 Å². The van der Waals surface area contributed by atoms with Crippen molar-refractivity contribution in [3.05, 3.63) is 0 Å². The Kier molecular flexibility index (Phi) is 20.3.